The summed E-state index contributed by atoms with van der Waals surface area (Å²) in [5.41, 5.74) is 0.546. The van der Waals surface area contributed by atoms with Crippen LogP contribution in [0.2, 0.25) is 0 Å². The number of carbonyl (C=O) groups excluding carboxylic acids is 1. The molecule has 1 aromatic heterocycles. The molecule has 0 saturated heterocycles. The van der Waals surface area contributed by atoms with E-state index in [2.05, 4.69) is 22.2 Å². The van der Waals surface area contributed by atoms with Gasteiger partial charge < -0.3 is 10.3 Å². The van der Waals surface area contributed by atoms with Gasteiger partial charge in [-0.2, -0.15) is 0 Å². The number of fused-ring (bicyclic) bond motifs is 1. The molecule has 0 unspecified atom stereocenters. The summed E-state index contributed by atoms with van der Waals surface area (Å²) in [6, 6.07) is 7.58. The first kappa shape index (κ1) is 18.6. The van der Waals surface area contributed by atoms with E-state index in [1.54, 1.807) is 6.07 Å². The van der Waals surface area contributed by atoms with E-state index in [9.17, 15) is 9.59 Å². The van der Waals surface area contributed by atoms with Gasteiger partial charge in [0.25, 0.3) is 5.56 Å². The van der Waals surface area contributed by atoms with E-state index in [1.165, 1.54) is 19.3 Å². The Labute approximate surface area is 154 Å². The Bertz CT molecular complexity index is 817. The van der Waals surface area contributed by atoms with Crippen molar-refractivity contribution in [1.82, 2.24) is 20.2 Å². The molecule has 140 valence electrons. The number of likely N-dealkylation sites (N-methyl/N-ethyl adjacent to an activating group) is 1. The van der Waals surface area contributed by atoms with Crippen molar-refractivity contribution < 1.29 is 4.79 Å². The van der Waals surface area contributed by atoms with Gasteiger partial charge in [-0.05, 0) is 37.4 Å². The quantitative estimate of drug-likeness (QED) is 0.833. The van der Waals surface area contributed by atoms with Crippen molar-refractivity contribution in [3.63, 3.8) is 0 Å². The molecular formula is C20H28N4O2. The third-order valence-corrected chi connectivity index (χ3v) is 5.31. The zero-order valence-corrected chi connectivity index (χ0v) is 15.6. The molecule has 2 atom stereocenters. The Hall–Kier alpha value is -2.21. The highest BCUT2D eigenvalue weighted by Crippen LogP contribution is 2.23. The van der Waals surface area contributed by atoms with E-state index in [-0.39, 0.29) is 17.5 Å². The topological polar surface area (TPSA) is 78.1 Å². The lowest BCUT2D eigenvalue weighted by Crippen LogP contribution is -2.45. The predicted molar refractivity (Wildman–Crippen MR) is 103 cm³/mol. The van der Waals surface area contributed by atoms with Crippen molar-refractivity contribution in [3.05, 3.63) is 40.4 Å². The largest absolute Gasteiger partial charge is 0.352 e. The highest BCUT2D eigenvalue weighted by atomic mass is 16.2. The van der Waals surface area contributed by atoms with Gasteiger partial charge in [0, 0.05) is 6.04 Å². The SMILES string of the molecule is CCN(CC(=O)N[C@H]1CCCC[C@@H]1C)Cc1nc2ccccc2c(=O)[nH]1. The minimum atomic E-state index is -0.137. The number of nitrogens with one attached hydrogen (secondary N) is 2. The molecule has 6 nitrogen and oxygen atoms in total. The van der Waals surface area contributed by atoms with Gasteiger partial charge in [0.05, 0.1) is 24.0 Å². The van der Waals surface area contributed by atoms with Crippen LogP contribution in [0.25, 0.3) is 10.9 Å². The van der Waals surface area contributed by atoms with E-state index in [0.29, 0.717) is 42.3 Å². The molecule has 1 aliphatic carbocycles. The number of hydrogen-bond acceptors (Lipinski definition) is 4. The normalized spacial score (nSPS) is 20.4. The Kier molecular flexibility index (Phi) is 6.04. The van der Waals surface area contributed by atoms with Gasteiger partial charge in [-0.15, -0.1) is 0 Å². The van der Waals surface area contributed by atoms with E-state index in [0.717, 1.165) is 6.42 Å². The fourth-order valence-electron chi connectivity index (χ4n) is 3.69. The molecule has 1 aliphatic rings. The number of rotatable bonds is 6. The van der Waals surface area contributed by atoms with Crippen LogP contribution in [0.3, 0.4) is 0 Å². The zero-order valence-electron chi connectivity index (χ0n) is 15.6. The Morgan fingerprint density at radius 3 is 2.85 bits per heavy atom. The number of hydrogen-bond donors (Lipinski definition) is 2. The zero-order chi connectivity index (χ0) is 18.5. The van der Waals surface area contributed by atoms with Crippen molar-refractivity contribution >= 4 is 16.8 Å². The Balaban J connectivity index is 1.64. The predicted octanol–water partition coefficient (Wildman–Crippen LogP) is 2.44. The lowest BCUT2D eigenvalue weighted by Gasteiger charge is -2.30. The van der Waals surface area contributed by atoms with E-state index >= 15 is 0 Å². The summed E-state index contributed by atoms with van der Waals surface area (Å²) in [7, 11) is 0. The molecule has 1 saturated carbocycles. The lowest BCUT2D eigenvalue weighted by atomic mass is 9.86. The van der Waals surface area contributed by atoms with Crippen LogP contribution in [0.4, 0.5) is 0 Å². The van der Waals surface area contributed by atoms with E-state index < -0.39 is 0 Å². The molecule has 1 amide bonds. The molecule has 0 spiro atoms. The maximum atomic E-state index is 12.5. The molecule has 1 heterocycles. The maximum Gasteiger partial charge on any atom is 0.258 e. The van der Waals surface area contributed by atoms with Gasteiger partial charge in [-0.3, -0.25) is 14.5 Å². The summed E-state index contributed by atoms with van der Waals surface area (Å²) in [6.45, 7) is 5.70. The second-order valence-corrected chi connectivity index (χ2v) is 7.27. The summed E-state index contributed by atoms with van der Waals surface area (Å²) < 4.78 is 0. The van der Waals surface area contributed by atoms with Crippen LogP contribution in [0.1, 0.15) is 45.4 Å². The minimum absolute atomic E-state index is 0.0498. The smallest absolute Gasteiger partial charge is 0.258 e. The molecular weight excluding hydrogens is 328 g/mol. The first-order valence-corrected chi connectivity index (χ1v) is 9.56. The number of aromatic amines is 1. The standard InChI is InChI=1S/C20H28N4O2/c1-3-24(13-19(25)22-16-10-6-4-8-14(16)2)12-18-21-17-11-7-5-9-15(17)20(26)23-18/h5,7,9,11,14,16H,3-4,6,8,10,12-13H2,1-2H3,(H,22,25)(H,21,23,26)/t14-,16-/m0/s1. The molecule has 1 fully saturated rings. The highest BCUT2D eigenvalue weighted by molar-refractivity contribution is 5.78. The summed E-state index contributed by atoms with van der Waals surface area (Å²) >= 11 is 0. The number of amides is 1. The third kappa shape index (κ3) is 4.49. The third-order valence-electron chi connectivity index (χ3n) is 5.31. The molecule has 1 aromatic carbocycles. The first-order chi connectivity index (χ1) is 12.6. The van der Waals surface area contributed by atoms with Crippen molar-refractivity contribution in [2.24, 2.45) is 5.92 Å². The second kappa shape index (κ2) is 8.45. The van der Waals surface area contributed by atoms with Gasteiger partial charge in [0.1, 0.15) is 5.82 Å². The summed E-state index contributed by atoms with van der Waals surface area (Å²) in [4.78, 5) is 34.0. The molecule has 0 radical (unpaired) electrons. The van der Waals surface area contributed by atoms with Crippen LogP contribution >= 0.6 is 0 Å². The molecule has 26 heavy (non-hydrogen) atoms. The summed E-state index contributed by atoms with van der Waals surface area (Å²) in [5.74, 6) is 1.18. The van der Waals surface area contributed by atoms with Crippen molar-refractivity contribution in [2.45, 2.75) is 52.1 Å². The van der Waals surface area contributed by atoms with Gasteiger partial charge in [-0.25, -0.2) is 4.98 Å². The molecule has 2 aromatic rings. The van der Waals surface area contributed by atoms with Crippen molar-refractivity contribution in [3.8, 4) is 0 Å². The minimum Gasteiger partial charge on any atom is -0.352 e. The fraction of sp³-hybridized carbons (Fsp3) is 0.550. The molecule has 2 N–H and O–H groups in total. The average Bonchev–Trinajstić information content (AvgIpc) is 2.63. The number of nitrogens with zero attached hydrogens (tertiary/aromatic N) is 2. The molecule has 3 rings (SSSR count). The fourth-order valence-corrected chi connectivity index (χ4v) is 3.69. The number of benzene rings is 1. The number of para-hydroxylation sites is 1. The van der Waals surface area contributed by atoms with Crippen LogP contribution in [0.15, 0.2) is 29.1 Å². The van der Waals surface area contributed by atoms with Crippen molar-refractivity contribution in [2.75, 3.05) is 13.1 Å². The first-order valence-electron chi connectivity index (χ1n) is 9.56. The van der Waals surface area contributed by atoms with E-state index in [1.807, 2.05) is 30.0 Å². The van der Waals surface area contributed by atoms with Gasteiger partial charge in [0.15, 0.2) is 0 Å². The molecule has 0 bridgehead atoms. The summed E-state index contributed by atoms with van der Waals surface area (Å²) in [6.07, 6.45) is 4.70. The Morgan fingerprint density at radius 1 is 1.31 bits per heavy atom. The monoisotopic (exact) mass is 356 g/mol. The van der Waals surface area contributed by atoms with Crippen LogP contribution in [-0.2, 0) is 11.3 Å². The van der Waals surface area contributed by atoms with Crippen LogP contribution in [0.5, 0.6) is 0 Å². The highest BCUT2D eigenvalue weighted by Gasteiger charge is 2.23. The van der Waals surface area contributed by atoms with Gasteiger partial charge in [-0.1, -0.05) is 38.8 Å². The summed E-state index contributed by atoms with van der Waals surface area (Å²) in [5, 5.41) is 3.77. The average molecular weight is 356 g/mol. The van der Waals surface area contributed by atoms with Crippen LogP contribution < -0.4 is 10.9 Å². The van der Waals surface area contributed by atoms with Gasteiger partial charge in [0.2, 0.25) is 5.91 Å². The van der Waals surface area contributed by atoms with Gasteiger partial charge >= 0.3 is 0 Å². The lowest BCUT2D eigenvalue weighted by molar-refractivity contribution is -0.123. The number of carbonyl (C=O) groups is 1. The number of H-pyrrole nitrogens is 1. The Morgan fingerprint density at radius 2 is 2.08 bits per heavy atom. The molecule has 6 heteroatoms. The van der Waals surface area contributed by atoms with Crippen molar-refractivity contribution in [1.29, 1.82) is 0 Å². The van der Waals surface area contributed by atoms with Crippen LogP contribution in [0, 0.1) is 5.92 Å². The van der Waals surface area contributed by atoms with E-state index in [4.69, 9.17) is 0 Å². The number of aromatic nitrogens is 2. The maximum absolute atomic E-state index is 12.5. The van der Waals surface area contributed by atoms with Crippen LogP contribution in [-0.4, -0.2) is 39.9 Å². The molecule has 0 aliphatic heterocycles. The second-order valence-electron chi connectivity index (χ2n) is 7.27.